The van der Waals surface area contributed by atoms with E-state index >= 15 is 0 Å². The summed E-state index contributed by atoms with van der Waals surface area (Å²) in [4.78, 5) is 7.07. The van der Waals surface area contributed by atoms with Gasteiger partial charge in [0, 0.05) is 25.7 Å². The highest BCUT2D eigenvalue weighted by atomic mass is 16.5. The highest BCUT2D eigenvalue weighted by molar-refractivity contribution is 4.76. The zero-order valence-electron chi connectivity index (χ0n) is 11.3. The van der Waals surface area contributed by atoms with Gasteiger partial charge in [0.2, 0.25) is 0 Å². The van der Waals surface area contributed by atoms with Crippen LogP contribution < -0.4 is 0 Å². The molecule has 0 N–H and O–H groups in total. The number of nitrogens with zero attached hydrogens (tertiary/aromatic N) is 3. The van der Waals surface area contributed by atoms with E-state index in [9.17, 15) is 0 Å². The van der Waals surface area contributed by atoms with Gasteiger partial charge in [0.25, 0.3) is 0 Å². The Balaban J connectivity index is 2.31. The van der Waals surface area contributed by atoms with Gasteiger partial charge in [-0.05, 0) is 41.2 Å². The Morgan fingerprint density at radius 3 is 2.44 bits per heavy atom. The first-order chi connectivity index (χ1) is 7.59. The molecule has 4 heteroatoms. The average molecular weight is 229 g/mol. The predicted molar refractivity (Wildman–Crippen MR) is 67.9 cm³/mol. The lowest BCUT2D eigenvalue weighted by Gasteiger charge is -2.36. The molecule has 0 spiro atoms. The van der Waals surface area contributed by atoms with E-state index in [0.29, 0.717) is 6.04 Å². The lowest BCUT2D eigenvalue weighted by Crippen LogP contribution is -2.48. The molecule has 1 atom stereocenters. The molecule has 16 heavy (non-hydrogen) atoms. The molecule has 0 radical (unpaired) electrons. The monoisotopic (exact) mass is 229 g/mol. The Bertz CT molecular complexity index is 165. The Kier molecular flexibility index (Phi) is 6.28. The van der Waals surface area contributed by atoms with Crippen LogP contribution in [0.4, 0.5) is 0 Å². The quantitative estimate of drug-likeness (QED) is 0.648. The normalized spacial score (nSPS) is 23.2. The summed E-state index contributed by atoms with van der Waals surface area (Å²) in [6.07, 6.45) is 1.21. The highest BCUT2D eigenvalue weighted by Crippen LogP contribution is 2.10. The molecule has 1 aliphatic heterocycles. The van der Waals surface area contributed by atoms with Gasteiger partial charge in [-0.3, -0.25) is 4.90 Å². The summed E-state index contributed by atoms with van der Waals surface area (Å²) in [7, 11) is 8.53. The third kappa shape index (κ3) is 5.25. The second-order valence-electron chi connectivity index (χ2n) is 5.16. The molecule has 1 rings (SSSR count). The van der Waals surface area contributed by atoms with E-state index in [1.807, 2.05) is 0 Å². The van der Waals surface area contributed by atoms with Gasteiger partial charge >= 0.3 is 0 Å². The van der Waals surface area contributed by atoms with Crippen LogP contribution in [-0.4, -0.2) is 88.3 Å². The van der Waals surface area contributed by atoms with Crippen molar-refractivity contribution < 1.29 is 4.74 Å². The van der Waals surface area contributed by atoms with Crippen LogP contribution in [0.5, 0.6) is 0 Å². The fourth-order valence-electron chi connectivity index (χ4n) is 1.99. The second kappa shape index (κ2) is 7.22. The molecule has 0 aromatic heterocycles. The van der Waals surface area contributed by atoms with Gasteiger partial charge in [0.1, 0.15) is 0 Å². The number of hydrogen-bond donors (Lipinski definition) is 0. The fourth-order valence-corrected chi connectivity index (χ4v) is 1.99. The molecule has 0 amide bonds. The van der Waals surface area contributed by atoms with Gasteiger partial charge in [-0.15, -0.1) is 0 Å². The lowest BCUT2D eigenvalue weighted by atomic mass is 10.1. The van der Waals surface area contributed by atoms with Crippen LogP contribution in [-0.2, 0) is 4.74 Å². The Morgan fingerprint density at radius 2 is 1.81 bits per heavy atom. The predicted octanol–water partition coefficient (Wildman–Crippen LogP) is 0.201. The second-order valence-corrected chi connectivity index (χ2v) is 5.16. The van der Waals surface area contributed by atoms with Crippen molar-refractivity contribution in [3.8, 4) is 0 Å². The van der Waals surface area contributed by atoms with E-state index in [1.54, 1.807) is 0 Å². The van der Waals surface area contributed by atoms with Crippen molar-refractivity contribution in [3.63, 3.8) is 0 Å². The van der Waals surface area contributed by atoms with E-state index in [2.05, 4.69) is 42.9 Å². The van der Waals surface area contributed by atoms with E-state index in [4.69, 9.17) is 4.74 Å². The largest absolute Gasteiger partial charge is 0.378 e. The minimum absolute atomic E-state index is 0.607. The maximum absolute atomic E-state index is 5.58. The molecule has 1 heterocycles. The van der Waals surface area contributed by atoms with Crippen molar-refractivity contribution in [2.45, 2.75) is 12.5 Å². The number of morpholine rings is 1. The SMILES string of the molecule is CN(C)CCC1COCCN1CCN(C)C. The van der Waals surface area contributed by atoms with Crippen molar-refractivity contribution in [1.82, 2.24) is 14.7 Å². The van der Waals surface area contributed by atoms with Crippen LogP contribution in [0.1, 0.15) is 6.42 Å². The molecule has 0 aromatic carbocycles. The molecule has 4 nitrogen and oxygen atoms in total. The van der Waals surface area contributed by atoms with Crippen molar-refractivity contribution in [2.75, 3.05) is 67.6 Å². The van der Waals surface area contributed by atoms with E-state index in [-0.39, 0.29) is 0 Å². The van der Waals surface area contributed by atoms with E-state index in [0.717, 1.165) is 39.4 Å². The summed E-state index contributed by atoms with van der Waals surface area (Å²) >= 11 is 0. The van der Waals surface area contributed by atoms with Crippen molar-refractivity contribution >= 4 is 0 Å². The van der Waals surface area contributed by atoms with Gasteiger partial charge < -0.3 is 14.5 Å². The number of rotatable bonds is 6. The highest BCUT2D eigenvalue weighted by Gasteiger charge is 2.22. The lowest BCUT2D eigenvalue weighted by molar-refractivity contribution is -0.0141. The first-order valence-corrected chi connectivity index (χ1v) is 6.21. The molecule has 96 valence electrons. The third-order valence-corrected chi connectivity index (χ3v) is 3.09. The van der Waals surface area contributed by atoms with Crippen molar-refractivity contribution in [1.29, 1.82) is 0 Å². The molecule has 0 saturated carbocycles. The molecule has 1 saturated heterocycles. The Hall–Kier alpha value is -0.160. The molecule has 1 aliphatic rings. The topological polar surface area (TPSA) is 19.0 Å². The van der Waals surface area contributed by atoms with Gasteiger partial charge in [-0.2, -0.15) is 0 Å². The minimum Gasteiger partial charge on any atom is -0.378 e. The van der Waals surface area contributed by atoms with Crippen molar-refractivity contribution in [2.24, 2.45) is 0 Å². The summed E-state index contributed by atoms with van der Waals surface area (Å²) in [5, 5.41) is 0. The summed E-state index contributed by atoms with van der Waals surface area (Å²) < 4.78 is 5.58. The van der Waals surface area contributed by atoms with Gasteiger partial charge in [0.15, 0.2) is 0 Å². The number of ether oxygens (including phenoxy) is 1. The zero-order chi connectivity index (χ0) is 12.0. The standard InChI is InChI=1S/C12H27N3O/c1-13(2)6-5-12-11-16-10-9-15(12)8-7-14(3)4/h12H,5-11H2,1-4H3. The average Bonchev–Trinajstić information content (AvgIpc) is 2.24. The summed E-state index contributed by atoms with van der Waals surface area (Å²) in [5.41, 5.74) is 0. The van der Waals surface area contributed by atoms with Crippen LogP contribution >= 0.6 is 0 Å². The maximum Gasteiger partial charge on any atom is 0.0623 e. The van der Waals surface area contributed by atoms with Crippen LogP contribution in [0.25, 0.3) is 0 Å². The van der Waals surface area contributed by atoms with Crippen LogP contribution in [0.2, 0.25) is 0 Å². The smallest absolute Gasteiger partial charge is 0.0623 e. The first kappa shape index (κ1) is 13.9. The number of likely N-dealkylation sites (N-methyl/N-ethyl adjacent to an activating group) is 1. The molecule has 0 aliphatic carbocycles. The first-order valence-electron chi connectivity index (χ1n) is 6.21. The van der Waals surface area contributed by atoms with E-state index in [1.165, 1.54) is 6.42 Å². The Labute approximate surface area is 100 Å². The van der Waals surface area contributed by atoms with E-state index < -0.39 is 0 Å². The van der Waals surface area contributed by atoms with Crippen LogP contribution in [0.15, 0.2) is 0 Å². The number of hydrogen-bond acceptors (Lipinski definition) is 4. The summed E-state index contributed by atoms with van der Waals surface area (Å²) in [5.74, 6) is 0. The van der Waals surface area contributed by atoms with Gasteiger partial charge in [-0.25, -0.2) is 0 Å². The molecule has 1 unspecified atom stereocenters. The summed E-state index contributed by atoms with van der Waals surface area (Å²) in [6.45, 7) is 6.33. The molecular weight excluding hydrogens is 202 g/mol. The van der Waals surface area contributed by atoms with Crippen molar-refractivity contribution in [3.05, 3.63) is 0 Å². The molecule has 0 aromatic rings. The third-order valence-electron chi connectivity index (χ3n) is 3.09. The Morgan fingerprint density at radius 1 is 1.12 bits per heavy atom. The summed E-state index contributed by atoms with van der Waals surface area (Å²) in [6, 6.07) is 0.607. The van der Waals surface area contributed by atoms with Crippen LogP contribution in [0, 0.1) is 0 Å². The fraction of sp³-hybridized carbons (Fsp3) is 1.00. The molecule has 0 bridgehead atoms. The minimum atomic E-state index is 0.607. The zero-order valence-corrected chi connectivity index (χ0v) is 11.3. The van der Waals surface area contributed by atoms with Crippen LogP contribution in [0.3, 0.4) is 0 Å². The van der Waals surface area contributed by atoms with Gasteiger partial charge in [-0.1, -0.05) is 0 Å². The molecule has 1 fully saturated rings. The molecular formula is C12H27N3O. The van der Waals surface area contributed by atoms with Gasteiger partial charge in [0.05, 0.1) is 13.2 Å². The maximum atomic E-state index is 5.58.